The zero-order valence-electron chi connectivity index (χ0n) is 14.2. The average Bonchev–Trinajstić information content (AvgIpc) is 2.87. The molecule has 25 heavy (non-hydrogen) atoms. The van der Waals surface area contributed by atoms with Gasteiger partial charge in [-0.15, -0.1) is 0 Å². The highest BCUT2D eigenvalue weighted by Gasteiger charge is 2.19. The van der Waals surface area contributed by atoms with Gasteiger partial charge < -0.3 is 9.64 Å². The van der Waals surface area contributed by atoms with Crippen LogP contribution in [0.25, 0.3) is 0 Å². The van der Waals surface area contributed by atoms with Crippen LogP contribution >= 0.6 is 0 Å². The molecule has 2 aromatic rings. The van der Waals surface area contributed by atoms with Crippen LogP contribution in [0.2, 0.25) is 0 Å². The van der Waals surface area contributed by atoms with E-state index < -0.39 is 0 Å². The van der Waals surface area contributed by atoms with E-state index in [-0.39, 0.29) is 18.3 Å². The molecule has 1 heterocycles. The molecule has 4 nitrogen and oxygen atoms in total. The van der Waals surface area contributed by atoms with Crippen molar-refractivity contribution in [1.29, 1.82) is 0 Å². The predicted octanol–water partition coefficient (Wildman–Crippen LogP) is 2.94. The summed E-state index contributed by atoms with van der Waals surface area (Å²) < 4.78 is 18.3. The van der Waals surface area contributed by atoms with Crippen LogP contribution in [0.3, 0.4) is 0 Å². The minimum atomic E-state index is -0.315. The van der Waals surface area contributed by atoms with E-state index in [1.165, 1.54) is 29.8 Å². The number of ether oxygens (including phenoxy) is 1. The number of hydrogen-bond donors (Lipinski definition) is 0. The summed E-state index contributed by atoms with van der Waals surface area (Å²) in [7, 11) is 0. The van der Waals surface area contributed by atoms with Crippen LogP contribution in [0, 0.1) is 5.82 Å². The zero-order chi connectivity index (χ0) is 17.5. The molecule has 0 bridgehead atoms. The molecule has 0 spiro atoms. The first-order valence-electron chi connectivity index (χ1n) is 8.63. The van der Waals surface area contributed by atoms with E-state index in [0.29, 0.717) is 12.3 Å². The molecule has 0 aliphatic carbocycles. The highest BCUT2D eigenvalue weighted by molar-refractivity contribution is 5.77. The molecule has 1 saturated heterocycles. The molecule has 5 heteroatoms. The first-order chi connectivity index (χ1) is 12.2. The lowest BCUT2D eigenvalue weighted by atomic mass is 10.2. The highest BCUT2D eigenvalue weighted by atomic mass is 19.1. The van der Waals surface area contributed by atoms with Gasteiger partial charge >= 0.3 is 0 Å². The third kappa shape index (κ3) is 5.29. The maximum atomic E-state index is 12.9. The Hall–Kier alpha value is -2.40. The van der Waals surface area contributed by atoms with Crippen LogP contribution in [-0.4, -0.2) is 48.5 Å². The Morgan fingerprint density at radius 2 is 1.72 bits per heavy atom. The topological polar surface area (TPSA) is 32.8 Å². The van der Waals surface area contributed by atoms with Gasteiger partial charge in [-0.2, -0.15) is 0 Å². The van der Waals surface area contributed by atoms with Gasteiger partial charge in [-0.05, 0) is 36.2 Å². The van der Waals surface area contributed by atoms with E-state index in [9.17, 15) is 9.18 Å². The lowest BCUT2D eigenvalue weighted by Gasteiger charge is -2.22. The fraction of sp³-hybridized carbons (Fsp3) is 0.350. The molecule has 0 saturated carbocycles. The fourth-order valence-electron chi connectivity index (χ4n) is 2.99. The lowest BCUT2D eigenvalue weighted by Crippen LogP contribution is -2.38. The summed E-state index contributed by atoms with van der Waals surface area (Å²) in [4.78, 5) is 16.6. The summed E-state index contributed by atoms with van der Waals surface area (Å²) in [5.74, 6) is 0.172. The van der Waals surface area contributed by atoms with E-state index in [1.54, 1.807) is 0 Å². The van der Waals surface area contributed by atoms with Crippen molar-refractivity contribution in [2.24, 2.45) is 0 Å². The standard InChI is InChI=1S/C20H23FN2O2/c21-18-7-9-19(10-8-18)25-16-20(24)23-12-4-11-22(13-14-23)15-17-5-2-1-3-6-17/h1-3,5-10H,4,11-16H2. The van der Waals surface area contributed by atoms with Crippen molar-refractivity contribution >= 4 is 5.91 Å². The summed E-state index contributed by atoms with van der Waals surface area (Å²) >= 11 is 0. The van der Waals surface area contributed by atoms with E-state index in [2.05, 4.69) is 29.2 Å². The van der Waals surface area contributed by atoms with Gasteiger partial charge in [0.2, 0.25) is 0 Å². The molecular weight excluding hydrogens is 319 g/mol. The Bertz CT molecular complexity index is 676. The normalized spacial score (nSPS) is 15.6. The van der Waals surface area contributed by atoms with Gasteiger partial charge in [0.25, 0.3) is 5.91 Å². The van der Waals surface area contributed by atoms with Crippen LogP contribution < -0.4 is 4.74 Å². The van der Waals surface area contributed by atoms with Gasteiger partial charge in [-0.1, -0.05) is 30.3 Å². The molecule has 1 aliphatic rings. The smallest absolute Gasteiger partial charge is 0.260 e. The zero-order valence-corrected chi connectivity index (χ0v) is 14.2. The van der Waals surface area contributed by atoms with E-state index in [0.717, 1.165) is 32.6 Å². The van der Waals surface area contributed by atoms with Crippen molar-refractivity contribution in [1.82, 2.24) is 9.80 Å². The first-order valence-corrected chi connectivity index (χ1v) is 8.63. The molecule has 0 N–H and O–H groups in total. The Morgan fingerprint density at radius 3 is 2.48 bits per heavy atom. The molecule has 2 aromatic carbocycles. The molecule has 1 aliphatic heterocycles. The molecule has 132 valence electrons. The molecule has 0 aromatic heterocycles. The van der Waals surface area contributed by atoms with Crippen LogP contribution in [0.15, 0.2) is 54.6 Å². The SMILES string of the molecule is O=C(COc1ccc(F)cc1)N1CCCN(Cc2ccccc2)CC1. The number of nitrogens with zero attached hydrogens (tertiary/aromatic N) is 2. The Morgan fingerprint density at radius 1 is 0.960 bits per heavy atom. The molecule has 0 atom stereocenters. The second-order valence-electron chi connectivity index (χ2n) is 6.24. The first kappa shape index (κ1) is 17.4. The van der Waals surface area contributed by atoms with E-state index >= 15 is 0 Å². The van der Waals surface area contributed by atoms with Crippen LogP contribution in [0.1, 0.15) is 12.0 Å². The monoisotopic (exact) mass is 342 g/mol. The third-order valence-corrected chi connectivity index (χ3v) is 4.37. The maximum Gasteiger partial charge on any atom is 0.260 e. The lowest BCUT2D eigenvalue weighted by molar-refractivity contribution is -0.133. The third-order valence-electron chi connectivity index (χ3n) is 4.37. The summed E-state index contributed by atoms with van der Waals surface area (Å²) in [5, 5.41) is 0. The van der Waals surface area contributed by atoms with Crippen LogP contribution in [0.4, 0.5) is 4.39 Å². The second kappa shape index (κ2) is 8.62. The molecule has 1 fully saturated rings. The molecule has 0 unspecified atom stereocenters. The largest absolute Gasteiger partial charge is 0.484 e. The van der Waals surface area contributed by atoms with Crippen molar-refractivity contribution < 1.29 is 13.9 Å². The van der Waals surface area contributed by atoms with Crippen molar-refractivity contribution in [3.8, 4) is 5.75 Å². The summed E-state index contributed by atoms with van der Waals surface area (Å²) in [6.07, 6.45) is 0.953. The molecular formula is C20H23FN2O2. The minimum absolute atomic E-state index is 0.00961. The van der Waals surface area contributed by atoms with Crippen molar-refractivity contribution in [3.05, 3.63) is 66.0 Å². The number of hydrogen-bond acceptors (Lipinski definition) is 3. The van der Waals surface area contributed by atoms with Gasteiger partial charge in [0.15, 0.2) is 6.61 Å². The maximum absolute atomic E-state index is 12.9. The second-order valence-corrected chi connectivity index (χ2v) is 6.24. The molecule has 0 radical (unpaired) electrons. The number of amides is 1. The quantitative estimate of drug-likeness (QED) is 0.838. The number of rotatable bonds is 5. The van der Waals surface area contributed by atoms with Gasteiger partial charge in [0, 0.05) is 32.7 Å². The van der Waals surface area contributed by atoms with Crippen molar-refractivity contribution in [3.63, 3.8) is 0 Å². The summed E-state index contributed by atoms with van der Waals surface area (Å²) in [6, 6.07) is 16.1. The van der Waals surface area contributed by atoms with Gasteiger partial charge in [0.05, 0.1) is 0 Å². The number of halogens is 1. The molecule has 1 amide bonds. The Kier molecular flexibility index (Phi) is 6.01. The fourth-order valence-corrected chi connectivity index (χ4v) is 2.99. The molecule has 3 rings (SSSR count). The predicted molar refractivity (Wildman–Crippen MR) is 94.8 cm³/mol. The van der Waals surface area contributed by atoms with E-state index in [4.69, 9.17) is 4.74 Å². The number of carbonyl (C=O) groups is 1. The van der Waals surface area contributed by atoms with Gasteiger partial charge in [0.1, 0.15) is 11.6 Å². The summed E-state index contributed by atoms with van der Waals surface area (Å²) in [6.45, 7) is 4.20. The number of benzene rings is 2. The summed E-state index contributed by atoms with van der Waals surface area (Å²) in [5.41, 5.74) is 1.29. The Balaban J connectivity index is 1.47. The Labute approximate surface area is 147 Å². The van der Waals surface area contributed by atoms with Crippen molar-refractivity contribution in [2.75, 3.05) is 32.8 Å². The highest BCUT2D eigenvalue weighted by Crippen LogP contribution is 2.12. The van der Waals surface area contributed by atoms with Crippen molar-refractivity contribution in [2.45, 2.75) is 13.0 Å². The number of carbonyl (C=O) groups excluding carboxylic acids is 1. The average molecular weight is 342 g/mol. The van der Waals surface area contributed by atoms with Gasteiger partial charge in [-0.25, -0.2) is 4.39 Å². The minimum Gasteiger partial charge on any atom is -0.484 e. The van der Waals surface area contributed by atoms with Crippen LogP contribution in [0.5, 0.6) is 5.75 Å². The van der Waals surface area contributed by atoms with E-state index in [1.807, 2.05) is 11.0 Å². The van der Waals surface area contributed by atoms with Gasteiger partial charge in [-0.3, -0.25) is 9.69 Å². The van der Waals surface area contributed by atoms with Crippen LogP contribution in [-0.2, 0) is 11.3 Å².